The van der Waals surface area contributed by atoms with Crippen LogP contribution in [-0.4, -0.2) is 30.0 Å². The molecule has 0 unspecified atom stereocenters. The molecule has 0 aliphatic heterocycles. The van der Waals surface area contributed by atoms with E-state index in [4.69, 9.17) is 28.7 Å². The third kappa shape index (κ3) is 102. The minimum Gasteiger partial charge on any atom is -0.370 e. The largest absolute Gasteiger partial charge is 0.394 e. The minimum atomic E-state index is -4.67. The molecule has 0 saturated heterocycles. The number of nitrogens with two attached hydrogens (primary N) is 1. The fraction of sp³-hybridized carbons (Fsp3) is 0.667. The molecule has 6 N–H and O–H groups in total. The second kappa shape index (κ2) is 5.89. The van der Waals surface area contributed by atoms with Gasteiger partial charge in [-0.1, -0.05) is 0 Å². The molecule has 0 atom stereocenters. The average molecular weight is 185 g/mol. The topological polar surface area (TPSA) is 136 Å². The van der Waals surface area contributed by atoms with Gasteiger partial charge in [0, 0.05) is 6.54 Å². The van der Waals surface area contributed by atoms with Gasteiger partial charge in [0.05, 0.1) is 0 Å². The maximum atomic E-state index is 8.74. The second-order valence-electron chi connectivity index (χ2n) is 1.39. The van der Waals surface area contributed by atoms with E-state index in [0.717, 1.165) is 6.54 Å². The van der Waals surface area contributed by atoms with Crippen molar-refractivity contribution >= 4 is 16.4 Å². The Kier molecular flexibility index (Phi) is 6.85. The molecule has 0 rings (SSSR count). The zero-order valence-corrected chi connectivity index (χ0v) is 6.72. The summed E-state index contributed by atoms with van der Waals surface area (Å²) in [4.78, 5) is 0. The quantitative estimate of drug-likeness (QED) is 0.198. The molecule has 0 bridgehead atoms. The monoisotopic (exact) mass is 185 g/mol. The predicted octanol–water partition coefficient (Wildman–Crippen LogP) is -1.16. The van der Waals surface area contributed by atoms with Crippen LogP contribution in [0.15, 0.2) is 0 Å². The van der Waals surface area contributed by atoms with Crippen LogP contribution in [-0.2, 0) is 10.4 Å². The summed E-state index contributed by atoms with van der Waals surface area (Å²) in [5.74, 6) is 0.0394. The van der Waals surface area contributed by atoms with Gasteiger partial charge < -0.3 is 11.1 Å². The Bertz CT molecular complexity index is 191. The summed E-state index contributed by atoms with van der Waals surface area (Å²) in [6.07, 6.45) is 0. The standard InChI is InChI=1S/C3H9N3.H2O4S/c1-2-6-3(4)5;1-5(2,3)4/h2H2,1H3,(H4,4,5,6);(H2,1,2,3,4). The highest BCUT2D eigenvalue weighted by Gasteiger charge is 1.84. The van der Waals surface area contributed by atoms with Crippen molar-refractivity contribution in [1.82, 2.24) is 5.32 Å². The molecule has 7 nitrogen and oxygen atoms in total. The minimum absolute atomic E-state index is 0.0394. The maximum absolute atomic E-state index is 8.74. The highest BCUT2D eigenvalue weighted by molar-refractivity contribution is 7.79. The van der Waals surface area contributed by atoms with Gasteiger partial charge in [-0.2, -0.15) is 8.42 Å². The highest BCUT2D eigenvalue weighted by atomic mass is 32.3. The Balaban J connectivity index is 0. The summed E-state index contributed by atoms with van der Waals surface area (Å²) < 4.78 is 31.6. The van der Waals surface area contributed by atoms with Crippen LogP contribution in [0.2, 0.25) is 0 Å². The molecule has 0 aromatic carbocycles. The van der Waals surface area contributed by atoms with Crippen molar-refractivity contribution in [3.8, 4) is 0 Å². The molecule has 0 aromatic rings. The number of hydrogen-bond acceptors (Lipinski definition) is 3. The van der Waals surface area contributed by atoms with Gasteiger partial charge in [-0.3, -0.25) is 14.5 Å². The first-order chi connectivity index (χ1) is 4.77. The highest BCUT2D eigenvalue weighted by Crippen LogP contribution is 1.59. The molecule has 0 amide bonds. The van der Waals surface area contributed by atoms with Gasteiger partial charge in [0.1, 0.15) is 0 Å². The summed E-state index contributed by atoms with van der Waals surface area (Å²) in [6.45, 7) is 2.62. The smallest absolute Gasteiger partial charge is 0.370 e. The molecule has 0 fully saturated rings. The van der Waals surface area contributed by atoms with E-state index in [1.807, 2.05) is 6.92 Å². The summed E-state index contributed by atoms with van der Waals surface area (Å²) in [6, 6.07) is 0. The lowest BCUT2D eigenvalue weighted by Gasteiger charge is -1.92. The van der Waals surface area contributed by atoms with Gasteiger partial charge in [0.25, 0.3) is 0 Å². The van der Waals surface area contributed by atoms with E-state index in [0.29, 0.717) is 0 Å². The van der Waals surface area contributed by atoms with Crippen LogP contribution >= 0.6 is 0 Å². The molecule has 0 radical (unpaired) electrons. The SMILES string of the molecule is CCNC(=N)N.O=S(=O)(O)O. The summed E-state index contributed by atoms with van der Waals surface area (Å²) in [7, 11) is -4.67. The van der Waals surface area contributed by atoms with E-state index in [9.17, 15) is 0 Å². The van der Waals surface area contributed by atoms with Gasteiger partial charge in [-0.05, 0) is 6.92 Å². The number of nitrogens with one attached hydrogen (secondary N) is 2. The summed E-state index contributed by atoms with van der Waals surface area (Å²) >= 11 is 0. The van der Waals surface area contributed by atoms with Crippen molar-refractivity contribution in [3.05, 3.63) is 0 Å². The molecule has 11 heavy (non-hydrogen) atoms. The molecule has 0 heterocycles. The molecule has 0 saturated carbocycles. The lowest BCUT2D eigenvalue weighted by atomic mass is 10.7. The molecule has 68 valence electrons. The Morgan fingerprint density at radius 1 is 1.64 bits per heavy atom. The van der Waals surface area contributed by atoms with E-state index in [1.54, 1.807) is 0 Å². The molecule has 0 aromatic heterocycles. The van der Waals surface area contributed by atoms with E-state index < -0.39 is 10.4 Å². The van der Waals surface area contributed by atoms with Crippen LogP contribution in [0.1, 0.15) is 6.92 Å². The fourth-order valence-corrected chi connectivity index (χ4v) is 0.190. The van der Waals surface area contributed by atoms with Crippen molar-refractivity contribution in [2.24, 2.45) is 5.73 Å². The maximum Gasteiger partial charge on any atom is 0.394 e. The van der Waals surface area contributed by atoms with Gasteiger partial charge in [0.2, 0.25) is 0 Å². The van der Waals surface area contributed by atoms with Gasteiger partial charge >= 0.3 is 10.4 Å². The zero-order chi connectivity index (χ0) is 9.49. The lowest BCUT2D eigenvalue weighted by molar-refractivity contribution is 0.381. The lowest BCUT2D eigenvalue weighted by Crippen LogP contribution is -2.29. The van der Waals surface area contributed by atoms with Gasteiger partial charge in [-0.15, -0.1) is 0 Å². The van der Waals surface area contributed by atoms with Crippen LogP contribution in [0.3, 0.4) is 0 Å². The Morgan fingerprint density at radius 2 is 1.91 bits per heavy atom. The van der Waals surface area contributed by atoms with E-state index in [1.165, 1.54) is 0 Å². The first-order valence-electron chi connectivity index (χ1n) is 2.55. The van der Waals surface area contributed by atoms with Gasteiger partial charge in [0.15, 0.2) is 5.96 Å². The molecule has 8 heteroatoms. The second-order valence-corrected chi connectivity index (χ2v) is 2.29. The zero-order valence-electron chi connectivity index (χ0n) is 5.90. The van der Waals surface area contributed by atoms with Crippen LogP contribution in [0, 0.1) is 5.41 Å². The Labute approximate surface area is 64.7 Å². The molecular weight excluding hydrogens is 174 g/mol. The number of rotatable bonds is 1. The molecule has 0 aliphatic rings. The Hall–Kier alpha value is -0.860. The van der Waals surface area contributed by atoms with E-state index in [2.05, 4.69) is 5.32 Å². The Morgan fingerprint density at radius 3 is 1.91 bits per heavy atom. The number of hydrogen-bond donors (Lipinski definition) is 5. The third-order valence-electron chi connectivity index (χ3n) is 0.367. The number of guanidine groups is 1. The normalized spacial score (nSPS) is 9.36. The first kappa shape index (κ1) is 12.8. The van der Waals surface area contributed by atoms with Crippen molar-refractivity contribution in [2.75, 3.05) is 6.54 Å². The van der Waals surface area contributed by atoms with Crippen molar-refractivity contribution in [3.63, 3.8) is 0 Å². The van der Waals surface area contributed by atoms with Crippen LogP contribution in [0.25, 0.3) is 0 Å². The van der Waals surface area contributed by atoms with Crippen molar-refractivity contribution in [1.29, 1.82) is 5.41 Å². The van der Waals surface area contributed by atoms with Crippen molar-refractivity contribution < 1.29 is 17.5 Å². The average Bonchev–Trinajstić information content (AvgIpc) is 1.58. The van der Waals surface area contributed by atoms with Gasteiger partial charge in [-0.25, -0.2) is 0 Å². The van der Waals surface area contributed by atoms with E-state index in [-0.39, 0.29) is 5.96 Å². The van der Waals surface area contributed by atoms with Crippen LogP contribution < -0.4 is 11.1 Å². The summed E-state index contributed by atoms with van der Waals surface area (Å²) in [5.41, 5.74) is 4.88. The molecule has 0 aliphatic carbocycles. The first-order valence-corrected chi connectivity index (χ1v) is 3.94. The fourth-order valence-electron chi connectivity index (χ4n) is 0.190. The third-order valence-corrected chi connectivity index (χ3v) is 0.367. The van der Waals surface area contributed by atoms with E-state index >= 15 is 0 Å². The summed E-state index contributed by atoms with van der Waals surface area (Å²) in [5, 5.41) is 9.13. The van der Waals surface area contributed by atoms with Crippen LogP contribution in [0.5, 0.6) is 0 Å². The van der Waals surface area contributed by atoms with Crippen LogP contribution in [0.4, 0.5) is 0 Å². The van der Waals surface area contributed by atoms with Crippen molar-refractivity contribution in [2.45, 2.75) is 6.92 Å². The molecule has 0 spiro atoms. The predicted molar refractivity (Wildman–Crippen MR) is 39.8 cm³/mol. The molecular formula is C3H11N3O4S.